The molecule has 1 unspecified atom stereocenters. The second kappa shape index (κ2) is 6.74. The predicted molar refractivity (Wildman–Crippen MR) is 79.2 cm³/mol. The van der Waals surface area contributed by atoms with Crippen molar-refractivity contribution in [1.82, 2.24) is 5.32 Å². The van der Waals surface area contributed by atoms with E-state index < -0.39 is 17.5 Å². The average Bonchev–Trinajstić information content (AvgIpc) is 2.40. The number of hydrogen-bond donors (Lipinski definition) is 4. The maximum atomic E-state index is 11.8. The molecule has 0 aliphatic heterocycles. The van der Waals surface area contributed by atoms with E-state index in [1.807, 2.05) is 0 Å². The van der Waals surface area contributed by atoms with Crippen LogP contribution in [0.5, 0.6) is 0 Å². The van der Waals surface area contributed by atoms with Gasteiger partial charge in [-0.15, -0.1) is 0 Å². The van der Waals surface area contributed by atoms with Gasteiger partial charge in [-0.05, 0) is 37.6 Å². The molecule has 0 saturated heterocycles. The number of hydrogen-bond acceptors (Lipinski definition) is 3. The van der Waals surface area contributed by atoms with Crippen molar-refractivity contribution in [2.24, 2.45) is 0 Å². The lowest BCUT2D eigenvalue weighted by Crippen LogP contribution is -2.53. The van der Waals surface area contributed by atoms with Gasteiger partial charge in [-0.25, -0.2) is 9.59 Å². The third kappa shape index (κ3) is 4.79. The first kappa shape index (κ1) is 16.5. The average molecular weight is 293 g/mol. The smallest absolute Gasteiger partial charge is 0.329 e. The largest absolute Gasteiger partial charge is 0.480 e. The summed E-state index contributed by atoms with van der Waals surface area (Å²) in [5, 5.41) is 16.6. The van der Waals surface area contributed by atoms with E-state index in [9.17, 15) is 14.4 Å². The van der Waals surface area contributed by atoms with Crippen molar-refractivity contribution >= 4 is 29.3 Å². The fourth-order valence-electron chi connectivity index (χ4n) is 1.55. The van der Waals surface area contributed by atoms with Gasteiger partial charge in [0.1, 0.15) is 5.54 Å². The number of rotatable bonds is 5. The van der Waals surface area contributed by atoms with Gasteiger partial charge >= 0.3 is 12.0 Å². The number of amides is 3. The number of benzene rings is 1. The Morgan fingerprint density at radius 2 is 1.57 bits per heavy atom. The number of nitrogens with one attached hydrogen (secondary N) is 3. The summed E-state index contributed by atoms with van der Waals surface area (Å²) in [4.78, 5) is 33.8. The molecule has 1 atom stereocenters. The molecule has 1 rings (SSSR count). The van der Waals surface area contributed by atoms with Gasteiger partial charge in [-0.3, -0.25) is 4.79 Å². The monoisotopic (exact) mass is 293 g/mol. The summed E-state index contributed by atoms with van der Waals surface area (Å²) < 4.78 is 0. The van der Waals surface area contributed by atoms with Crippen molar-refractivity contribution in [3.8, 4) is 0 Å². The Hall–Kier alpha value is -2.57. The van der Waals surface area contributed by atoms with E-state index in [2.05, 4.69) is 16.0 Å². The first-order valence-corrected chi connectivity index (χ1v) is 6.47. The third-order valence-electron chi connectivity index (χ3n) is 3.03. The van der Waals surface area contributed by atoms with E-state index in [1.54, 1.807) is 31.2 Å². The van der Waals surface area contributed by atoms with Crippen LogP contribution in [0.2, 0.25) is 0 Å². The number of carbonyl (C=O) groups is 3. The highest BCUT2D eigenvalue weighted by Crippen LogP contribution is 2.14. The van der Waals surface area contributed by atoms with Gasteiger partial charge in [0, 0.05) is 18.3 Å². The standard InChI is InChI=1S/C14H19N3O4/c1-4-14(3,12(19)20)17-13(21)16-11-7-5-10(6-8-11)15-9(2)18/h5-8H,4H2,1-3H3,(H,15,18)(H,19,20)(H2,16,17,21). The molecule has 7 heteroatoms. The molecule has 114 valence electrons. The molecule has 0 radical (unpaired) electrons. The lowest BCUT2D eigenvalue weighted by molar-refractivity contribution is -0.143. The van der Waals surface area contributed by atoms with Crippen LogP contribution in [-0.4, -0.2) is 28.6 Å². The molecule has 1 aromatic rings. The van der Waals surface area contributed by atoms with Crippen LogP contribution in [0.1, 0.15) is 27.2 Å². The first-order valence-electron chi connectivity index (χ1n) is 6.47. The maximum Gasteiger partial charge on any atom is 0.329 e. The molecule has 0 aliphatic rings. The van der Waals surface area contributed by atoms with Gasteiger partial charge in [0.05, 0.1) is 0 Å². The second-order valence-electron chi connectivity index (χ2n) is 4.83. The minimum atomic E-state index is -1.32. The van der Waals surface area contributed by atoms with Crippen LogP contribution >= 0.6 is 0 Å². The molecule has 4 N–H and O–H groups in total. The van der Waals surface area contributed by atoms with E-state index in [0.717, 1.165) is 0 Å². The van der Waals surface area contributed by atoms with Crippen LogP contribution in [0.15, 0.2) is 24.3 Å². The van der Waals surface area contributed by atoms with Gasteiger partial charge in [0.2, 0.25) is 5.91 Å². The Labute approximate surface area is 122 Å². The van der Waals surface area contributed by atoms with E-state index in [-0.39, 0.29) is 12.3 Å². The van der Waals surface area contributed by atoms with Crippen molar-refractivity contribution in [3.63, 3.8) is 0 Å². The normalized spacial score (nSPS) is 12.9. The van der Waals surface area contributed by atoms with E-state index in [4.69, 9.17) is 5.11 Å². The van der Waals surface area contributed by atoms with Gasteiger partial charge in [0.15, 0.2) is 0 Å². The zero-order valence-electron chi connectivity index (χ0n) is 12.2. The minimum Gasteiger partial charge on any atom is -0.480 e. The molecule has 0 saturated carbocycles. The highest BCUT2D eigenvalue weighted by molar-refractivity contribution is 5.94. The lowest BCUT2D eigenvalue weighted by Gasteiger charge is -2.24. The number of carbonyl (C=O) groups excluding carboxylic acids is 2. The van der Waals surface area contributed by atoms with Crippen LogP contribution in [0, 0.1) is 0 Å². The second-order valence-corrected chi connectivity index (χ2v) is 4.83. The summed E-state index contributed by atoms with van der Waals surface area (Å²) in [6.45, 7) is 4.52. The van der Waals surface area contributed by atoms with Crippen molar-refractivity contribution in [2.75, 3.05) is 10.6 Å². The fraction of sp³-hybridized carbons (Fsp3) is 0.357. The Morgan fingerprint density at radius 1 is 1.10 bits per heavy atom. The molecule has 0 spiro atoms. The highest BCUT2D eigenvalue weighted by atomic mass is 16.4. The molecule has 1 aromatic carbocycles. The molecular formula is C14H19N3O4. The van der Waals surface area contributed by atoms with Gasteiger partial charge < -0.3 is 21.1 Å². The molecular weight excluding hydrogens is 274 g/mol. The van der Waals surface area contributed by atoms with Crippen molar-refractivity contribution in [1.29, 1.82) is 0 Å². The minimum absolute atomic E-state index is 0.186. The van der Waals surface area contributed by atoms with Gasteiger partial charge in [0.25, 0.3) is 0 Å². The van der Waals surface area contributed by atoms with Crippen molar-refractivity contribution in [3.05, 3.63) is 24.3 Å². The van der Waals surface area contributed by atoms with Gasteiger partial charge in [-0.1, -0.05) is 6.92 Å². The molecule has 0 fully saturated rings. The third-order valence-corrected chi connectivity index (χ3v) is 3.03. The van der Waals surface area contributed by atoms with Crippen molar-refractivity contribution in [2.45, 2.75) is 32.7 Å². The zero-order valence-corrected chi connectivity index (χ0v) is 12.2. The fourth-order valence-corrected chi connectivity index (χ4v) is 1.55. The van der Waals surface area contributed by atoms with Crippen LogP contribution in [0.4, 0.5) is 16.2 Å². The lowest BCUT2D eigenvalue weighted by atomic mass is 10.00. The van der Waals surface area contributed by atoms with E-state index >= 15 is 0 Å². The Morgan fingerprint density at radius 3 is 1.95 bits per heavy atom. The van der Waals surface area contributed by atoms with Crippen LogP contribution in [0.3, 0.4) is 0 Å². The Bertz CT molecular complexity index is 542. The van der Waals surface area contributed by atoms with Crippen LogP contribution in [-0.2, 0) is 9.59 Å². The van der Waals surface area contributed by atoms with E-state index in [1.165, 1.54) is 13.8 Å². The number of aliphatic carboxylic acids is 1. The zero-order chi connectivity index (χ0) is 16.0. The number of urea groups is 1. The Kier molecular flexibility index (Phi) is 5.29. The van der Waals surface area contributed by atoms with Crippen LogP contribution < -0.4 is 16.0 Å². The summed E-state index contributed by atoms with van der Waals surface area (Å²) in [6, 6.07) is 5.87. The summed E-state index contributed by atoms with van der Waals surface area (Å²) in [5.74, 6) is -1.28. The molecule has 21 heavy (non-hydrogen) atoms. The van der Waals surface area contributed by atoms with Gasteiger partial charge in [-0.2, -0.15) is 0 Å². The highest BCUT2D eigenvalue weighted by Gasteiger charge is 2.32. The first-order chi connectivity index (χ1) is 9.76. The quantitative estimate of drug-likeness (QED) is 0.666. The molecule has 0 bridgehead atoms. The molecule has 0 heterocycles. The maximum absolute atomic E-state index is 11.8. The molecule has 0 aliphatic carbocycles. The molecule has 3 amide bonds. The summed E-state index contributed by atoms with van der Waals surface area (Å²) >= 11 is 0. The summed E-state index contributed by atoms with van der Waals surface area (Å²) in [6.07, 6.45) is 0.261. The molecule has 7 nitrogen and oxygen atoms in total. The van der Waals surface area contributed by atoms with Crippen LogP contribution in [0.25, 0.3) is 0 Å². The number of carboxylic acid groups (broad SMARTS) is 1. The number of anilines is 2. The summed E-state index contributed by atoms with van der Waals surface area (Å²) in [5.41, 5.74) is -0.219. The van der Waals surface area contributed by atoms with E-state index in [0.29, 0.717) is 11.4 Å². The van der Waals surface area contributed by atoms with Crippen molar-refractivity contribution < 1.29 is 19.5 Å². The number of carboxylic acids is 1. The Balaban J connectivity index is 2.67. The predicted octanol–water partition coefficient (Wildman–Crippen LogP) is 2.02. The summed E-state index contributed by atoms with van der Waals surface area (Å²) in [7, 11) is 0. The SMILES string of the molecule is CCC(C)(NC(=O)Nc1ccc(NC(C)=O)cc1)C(=O)O. The topological polar surface area (TPSA) is 108 Å². The molecule has 0 aromatic heterocycles.